The summed E-state index contributed by atoms with van der Waals surface area (Å²) in [6.07, 6.45) is -4.42. The number of alkyl halides is 3. The maximum atomic E-state index is 12.8. The minimum Gasteiger partial charge on any atom is -0.489 e. The molecule has 0 aliphatic rings. The second kappa shape index (κ2) is 9.76. The van der Waals surface area contributed by atoms with E-state index in [1.807, 2.05) is 0 Å². The van der Waals surface area contributed by atoms with E-state index < -0.39 is 29.7 Å². The molecule has 3 rings (SSSR count). The molecule has 0 aliphatic heterocycles. The van der Waals surface area contributed by atoms with E-state index in [-0.39, 0.29) is 18.3 Å². The monoisotopic (exact) mass is 462 g/mol. The number of nitrogens with one attached hydrogen (secondary N) is 1. The van der Waals surface area contributed by atoms with E-state index in [1.165, 1.54) is 12.1 Å². The molecule has 0 radical (unpaired) electrons. The number of aliphatic carboxylic acids is 1. The molecule has 0 fully saturated rings. The number of hydrogen-bond acceptors (Lipinski definition) is 5. The first kappa shape index (κ1) is 23.8. The first-order chi connectivity index (χ1) is 15.5. The van der Waals surface area contributed by atoms with Crippen molar-refractivity contribution in [2.24, 2.45) is 5.92 Å². The Kier molecular flexibility index (Phi) is 7.05. The number of nitrogens with zero attached hydrogens (tertiary/aromatic N) is 1. The van der Waals surface area contributed by atoms with E-state index in [1.54, 1.807) is 44.2 Å². The number of rotatable bonds is 8. The van der Waals surface area contributed by atoms with Gasteiger partial charge in [-0.3, -0.25) is 4.79 Å². The summed E-state index contributed by atoms with van der Waals surface area (Å²) in [5, 5.41) is 15.4. The van der Waals surface area contributed by atoms with Crippen molar-refractivity contribution >= 4 is 11.9 Å². The van der Waals surface area contributed by atoms with Gasteiger partial charge in [0, 0.05) is 11.6 Å². The minimum absolute atomic E-state index is 0.0435. The van der Waals surface area contributed by atoms with Gasteiger partial charge in [0.15, 0.2) is 0 Å². The summed E-state index contributed by atoms with van der Waals surface area (Å²) in [4.78, 5) is 23.5. The number of amides is 1. The number of benzene rings is 2. The predicted octanol–water partition coefficient (Wildman–Crippen LogP) is 4.78. The number of carboxylic acid groups (broad SMARTS) is 1. The van der Waals surface area contributed by atoms with Crippen molar-refractivity contribution in [3.8, 4) is 17.0 Å². The van der Waals surface area contributed by atoms with E-state index in [4.69, 9.17) is 9.26 Å². The van der Waals surface area contributed by atoms with Gasteiger partial charge in [-0.25, -0.2) is 4.79 Å². The lowest BCUT2D eigenvalue weighted by Gasteiger charge is -2.16. The Hall–Kier alpha value is -3.82. The standard InChI is InChI=1S/C23H21F3N2O5/c1-13(2)20(22(30)31)27-21(29)19-11-18(28-33-19)15-6-8-17(9-7-15)32-12-14-4-3-5-16(10-14)23(24,25)26/h3-11,13,20H,12H2,1-2H3,(H,27,29)(H,30,31). The summed E-state index contributed by atoms with van der Waals surface area (Å²) in [5.41, 5.74) is 0.582. The van der Waals surface area contributed by atoms with Gasteiger partial charge < -0.3 is 19.7 Å². The van der Waals surface area contributed by atoms with E-state index in [2.05, 4.69) is 10.5 Å². The fourth-order valence-electron chi connectivity index (χ4n) is 2.97. The Morgan fingerprint density at radius 2 is 1.82 bits per heavy atom. The fourth-order valence-corrected chi connectivity index (χ4v) is 2.97. The Morgan fingerprint density at radius 1 is 1.12 bits per heavy atom. The lowest BCUT2D eigenvalue weighted by molar-refractivity contribution is -0.140. The molecule has 1 amide bonds. The number of aromatic nitrogens is 1. The Bertz CT molecular complexity index is 1120. The lowest BCUT2D eigenvalue weighted by Crippen LogP contribution is -2.44. The summed E-state index contributed by atoms with van der Waals surface area (Å²) in [7, 11) is 0. The van der Waals surface area contributed by atoms with Crippen molar-refractivity contribution in [1.29, 1.82) is 0 Å². The highest BCUT2D eigenvalue weighted by Gasteiger charge is 2.30. The molecule has 1 atom stereocenters. The number of hydrogen-bond donors (Lipinski definition) is 2. The van der Waals surface area contributed by atoms with Gasteiger partial charge in [0.25, 0.3) is 5.91 Å². The highest BCUT2D eigenvalue weighted by atomic mass is 19.4. The second-order valence-electron chi connectivity index (χ2n) is 7.62. The van der Waals surface area contributed by atoms with Crippen LogP contribution in [0.15, 0.2) is 59.1 Å². The third kappa shape index (κ3) is 6.12. The summed E-state index contributed by atoms with van der Waals surface area (Å²) in [5.74, 6) is -1.88. The van der Waals surface area contributed by atoms with Crippen LogP contribution < -0.4 is 10.1 Å². The third-order valence-electron chi connectivity index (χ3n) is 4.76. The van der Waals surface area contributed by atoms with Crippen LogP contribution in [0.3, 0.4) is 0 Å². The quantitative estimate of drug-likeness (QED) is 0.500. The van der Waals surface area contributed by atoms with Crippen molar-refractivity contribution in [3.05, 3.63) is 71.5 Å². The molecular weight excluding hydrogens is 441 g/mol. The smallest absolute Gasteiger partial charge is 0.416 e. The largest absolute Gasteiger partial charge is 0.489 e. The number of halogens is 3. The van der Waals surface area contributed by atoms with Crippen LogP contribution in [0, 0.1) is 5.92 Å². The molecule has 1 unspecified atom stereocenters. The molecular formula is C23H21F3N2O5. The Morgan fingerprint density at radius 3 is 2.42 bits per heavy atom. The van der Waals surface area contributed by atoms with E-state index in [0.29, 0.717) is 22.6 Å². The number of carbonyl (C=O) groups excluding carboxylic acids is 1. The van der Waals surface area contributed by atoms with Crippen molar-refractivity contribution in [2.75, 3.05) is 0 Å². The van der Waals surface area contributed by atoms with Crippen LogP contribution in [-0.2, 0) is 17.6 Å². The molecule has 10 heteroatoms. The molecule has 2 N–H and O–H groups in total. The average Bonchev–Trinajstić information content (AvgIpc) is 3.26. The summed E-state index contributed by atoms with van der Waals surface area (Å²) < 4.78 is 49.0. The topological polar surface area (TPSA) is 102 Å². The third-order valence-corrected chi connectivity index (χ3v) is 4.76. The van der Waals surface area contributed by atoms with Gasteiger partial charge >= 0.3 is 12.1 Å². The van der Waals surface area contributed by atoms with Crippen molar-refractivity contribution < 1.29 is 37.1 Å². The van der Waals surface area contributed by atoms with Gasteiger partial charge in [-0.2, -0.15) is 13.2 Å². The SMILES string of the molecule is CC(C)C(NC(=O)c1cc(-c2ccc(OCc3cccc(C(F)(F)F)c3)cc2)no1)C(=O)O. The molecule has 0 bridgehead atoms. The van der Waals surface area contributed by atoms with Gasteiger partial charge in [-0.05, 0) is 47.9 Å². The molecule has 0 aliphatic carbocycles. The van der Waals surface area contributed by atoms with E-state index in [9.17, 15) is 27.9 Å². The molecule has 1 aromatic heterocycles. The number of carbonyl (C=O) groups is 2. The highest BCUT2D eigenvalue weighted by molar-refractivity contribution is 5.95. The summed E-state index contributed by atoms with van der Waals surface area (Å²) in [6.45, 7) is 3.29. The Labute approximate surface area is 187 Å². The van der Waals surface area contributed by atoms with Crippen LogP contribution in [0.2, 0.25) is 0 Å². The zero-order valence-electron chi connectivity index (χ0n) is 17.7. The van der Waals surface area contributed by atoms with Gasteiger partial charge in [-0.1, -0.05) is 31.1 Å². The normalized spacial score (nSPS) is 12.4. The highest BCUT2D eigenvalue weighted by Crippen LogP contribution is 2.30. The van der Waals surface area contributed by atoms with Crippen molar-refractivity contribution in [2.45, 2.75) is 32.7 Å². The zero-order chi connectivity index (χ0) is 24.2. The van der Waals surface area contributed by atoms with Crippen LogP contribution in [0.5, 0.6) is 5.75 Å². The van der Waals surface area contributed by atoms with E-state index >= 15 is 0 Å². The van der Waals surface area contributed by atoms with Crippen LogP contribution in [0.4, 0.5) is 13.2 Å². The van der Waals surface area contributed by atoms with Gasteiger partial charge in [0.05, 0.1) is 5.56 Å². The van der Waals surface area contributed by atoms with Gasteiger partial charge in [-0.15, -0.1) is 0 Å². The predicted molar refractivity (Wildman–Crippen MR) is 111 cm³/mol. The fraction of sp³-hybridized carbons (Fsp3) is 0.261. The molecule has 33 heavy (non-hydrogen) atoms. The van der Waals surface area contributed by atoms with E-state index in [0.717, 1.165) is 12.1 Å². The maximum Gasteiger partial charge on any atom is 0.416 e. The molecule has 2 aromatic carbocycles. The molecule has 0 spiro atoms. The van der Waals surface area contributed by atoms with Crippen LogP contribution in [0.1, 0.15) is 35.5 Å². The molecule has 0 saturated carbocycles. The molecule has 0 saturated heterocycles. The number of ether oxygens (including phenoxy) is 1. The van der Waals surface area contributed by atoms with Crippen molar-refractivity contribution in [3.63, 3.8) is 0 Å². The molecule has 3 aromatic rings. The van der Waals surface area contributed by atoms with Gasteiger partial charge in [0.2, 0.25) is 5.76 Å². The lowest BCUT2D eigenvalue weighted by atomic mass is 10.0. The van der Waals surface area contributed by atoms with Crippen LogP contribution >= 0.6 is 0 Å². The first-order valence-corrected chi connectivity index (χ1v) is 9.94. The average molecular weight is 462 g/mol. The van der Waals surface area contributed by atoms with Crippen LogP contribution in [-0.4, -0.2) is 28.2 Å². The molecule has 174 valence electrons. The first-order valence-electron chi connectivity index (χ1n) is 9.94. The number of carboxylic acids is 1. The van der Waals surface area contributed by atoms with Crippen molar-refractivity contribution in [1.82, 2.24) is 10.5 Å². The molecule has 7 nitrogen and oxygen atoms in total. The molecule has 1 heterocycles. The van der Waals surface area contributed by atoms with Gasteiger partial charge in [0.1, 0.15) is 24.1 Å². The summed E-state index contributed by atoms with van der Waals surface area (Å²) >= 11 is 0. The minimum atomic E-state index is -4.42. The second-order valence-corrected chi connectivity index (χ2v) is 7.62. The summed E-state index contributed by atoms with van der Waals surface area (Å²) in [6, 6.07) is 11.7. The Balaban J connectivity index is 1.63. The zero-order valence-corrected chi connectivity index (χ0v) is 17.7. The van der Waals surface area contributed by atoms with Crippen LogP contribution in [0.25, 0.3) is 11.3 Å². The maximum absolute atomic E-state index is 12.8.